The summed E-state index contributed by atoms with van der Waals surface area (Å²) in [5.41, 5.74) is 1.65. The lowest BCUT2D eigenvalue weighted by atomic mass is 10.1. The molecular formula is C19H17NO4. The molecule has 1 heterocycles. The van der Waals surface area contributed by atoms with Crippen LogP contribution in [0.4, 0.5) is 0 Å². The standard InChI is InChI=1S/C19H17NO4/c1-2-23-15-9-7-13(8-10-15)18(21)12-24-19(22)17-11-14-5-3-4-6-16(14)20-17/h3-11,20H,2,12H2,1H3. The summed E-state index contributed by atoms with van der Waals surface area (Å²) in [6.45, 7) is 2.15. The largest absolute Gasteiger partial charge is 0.494 e. The van der Waals surface area contributed by atoms with Crippen molar-refractivity contribution in [1.82, 2.24) is 4.98 Å². The molecule has 0 spiro atoms. The number of aromatic nitrogens is 1. The van der Waals surface area contributed by atoms with Gasteiger partial charge in [0.1, 0.15) is 11.4 Å². The van der Waals surface area contributed by atoms with Crippen molar-refractivity contribution in [3.63, 3.8) is 0 Å². The fourth-order valence-electron chi connectivity index (χ4n) is 2.38. The van der Waals surface area contributed by atoms with Crippen molar-refractivity contribution in [3.8, 4) is 5.75 Å². The van der Waals surface area contributed by atoms with Crippen molar-refractivity contribution in [2.45, 2.75) is 6.92 Å². The van der Waals surface area contributed by atoms with Gasteiger partial charge < -0.3 is 14.5 Å². The summed E-state index contributed by atoms with van der Waals surface area (Å²) in [5, 5.41) is 0.919. The third-order valence-corrected chi connectivity index (χ3v) is 3.57. The number of benzene rings is 2. The lowest BCUT2D eigenvalue weighted by Gasteiger charge is -2.05. The maximum atomic E-state index is 12.1. The second-order valence-corrected chi connectivity index (χ2v) is 5.23. The molecule has 1 N–H and O–H groups in total. The molecule has 0 atom stereocenters. The second kappa shape index (κ2) is 7.00. The molecule has 2 aromatic carbocycles. The number of rotatable bonds is 6. The zero-order valence-electron chi connectivity index (χ0n) is 13.2. The Kier molecular flexibility index (Phi) is 4.61. The smallest absolute Gasteiger partial charge is 0.355 e. The molecule has 1 aromatic heterocycles. The highest BCUT2D eigenvalue weighted by molar-refractivity contribution is 6.00. The number of para-hydroxylation sites is 1. The van der Waals surface area contributed by atoms with Gasteiger partial charge in [-0.05, 0) is 43.3 Å². The van der Waals surface area contributed by atoms with Crippen LogP contribution in [0.1, 0.15) is 27.8 Å². The molecule has 0 unspecified atom stereocenters. The van der Waals surface area contributed by atoms with E-state index in [0.29, 0.717) is 23.6 Å². The van der Waals surface area contributed by atoms with Crippen LogP contribution in [0.5, 0.6) is 5.75 Å². The van der Waals surface area contributed by atoms with Gasteiger partial charge in [0.25, 0.3) is 0 Å². The average Bonchev–Trinajstić information content (AvgIpc) is 3.04. The summed E-state index contributed by atoms with van der Waals surface area (Å²) < 4.78 is 10.4. The van der Waals surface area contributed by atoms with E-state index in [9.17, 15) is 9.59 Å². The predicted molar refractivity (Wildman–Crippen MR) is 90.5 cm³/mol. The number of carbonyl (C=O) groups is 2. The topological polar surface area (TPSA) is 68.4 Å². The first-order chi connectivity index (χ1) is 11.7. The normalized spacial score (nSPS) is 10.5. The number of H-pyrrole nitrogens is 1. The molecule has 0 amide bonds. The van der Waals surface area contributed by atoms with E-state index in [1.807, 2.05) is 31.2 Å². The van der Waals surface area contributed by atoms with Crippen LogP contribution in [0.2, 0.25) is 0 Å². The van der Waals surface area contributed by atoms with E-state index in [2.05, 4.69) is 4.98 Å². The molecule has 0 saturated carbocycles. The number of fused-ring (bicyclic) bond motifs is 1. The van der Waals surface area contributed by atoms with Crippen molar-refractivity contribution >= 4 is 22.7 Å². The fourth-order valence-corrected chi connectivity index (χ4v) is 2.38. The van der Waals surface area contributed by atoms with E-state index < -0.39 is 5.97 Å². The zero-order valence-corrected chi connectivity index (χ0v) is 13.2. The van der Waals surface area contributed by atoms with Gasteiger partial charge in [0, 0.05) is 16.5 Å². The number of esters is 1. The van der Waals surface area contributed by atoms with Gasteiger partial charge in [-0.25, -0.2) is 4.79 Å². The molecule has 0 saturated heterocycles. The van der Waals surface area contributed by atoms with E-state index in [4.69, 9.17) is 9.47 Å². The van der Waals surface area contributed by atoms with Crippen LogP contribution in [0, 0.1) is 0 Å². The zero-order chi connectivity index (χ0) is 16.9. The van der Waals surface area contributed by atoms with E-state index in [0.717, 1.165) is 10.9 Å². The van der Waals surface area contributed by atoms with Gasteiger partial charge in [0.2, 0.25) is 0 Å². The molecule has 3 aromatic rings. The van der Waals surface area contributed by atoms with Gasteiger partial charge in [-0.3, -0.25) is 4.79 Å². The SMILES string of the molecule is CCOc1ccc(C(=O)COC(=O)c2cc3ccccc3[nH]2)cc1. The Morgan fingerprint density at radius 2 is 1.79 bits per heavy atom. The summed E-state index contributed by atoms with van der Waals surface area (Å²) in [4.78, 5) is 27.1. The van der Waals surface area contributed by atoms with Gasteiger partial charge in [-0.15, -0.1) is 0 Å². The number of Topliss-reactive ketones (excluding diaryl/α,β-unsaturated/α-hetero) is 1. The number of nitrogens with one attached hydrogen (secondary N) is 1. The Labute approximate surface area is 139 Å². The number of hydrogen-bond acceptors (Lipinski definition) is 4. The average molecular weight is 323 g/mol. The third-order valence-electron chi connectivity index (χ3n) is 3.57. The van der Waals surface area contributed by atoms with E-state index in [1.165, 1.54) is 0 Å². The minimum absolute atomic E-state index is 0.262. The van der Waals surface area contributed by atoms with Crippen molar-refractivity contribution in [2.75, 3.05) is 13.2 Å². The molecule has 0 aliphatic rings. The molecule has 24 heavy (non-hydrogen) atoms. The Hall–Kier alpha value is -3.08. The Morgan fingerprint density at radius 1 is 1.04 bits per heavy atom. The maximum absolute atomic E-state index is 12.1. The van der Waals surface area contributed by atoms with E-state index in [-0.39, 0.29) is 12.4 Å². The quantitative estimate of drug-likeness (QED) is 0.556. The van der Waals surface area contributed by atoms with E-state index in [1.54, 1.807) is 30.3 Å². The number of carbonyl (C=O) groups excluding carboxylic acids is 2. The highest BCUT2D eigenvalue weighted by Gasteiger charge is 2.14. The van der Waals surface area contributed by atoms with E-state index >= 15 is 0 Å². The highest BCUT2D eigenvalue weighted by Crippen LogP contribution is 2.16. The summed E-state index contributed by atoms with van der Waals surface area (Å²) in [6, 6.07) is 16.0. The van der Waals surface area contributed by atoms with Crippen molar-refractivity contribution in [3.05, 3.63) is 65.9 Å². The summed E-state index contributed by atoms with van der Waals surface area (Å²) in [6.07, 6.45) is 0. The molecular weight excluding hydrogens is 306 g/mol. The molecule has 3 rings (SSSR count). The molecule has 0 bridgehead atoms. The second-order valence-electron chi connectivity index (χ2n) is 5.23. The van der Waals surface area contributed by atoms with Gasteiger partial charge in [-0.2, -0.15) is 0 Å². The Bertz CT molecular complexity index is 831. The van der Waals surface area contributed by atoms with Crippen molar-refractivity contribution < 1.29 is 19.1 Å². The number of ketones is 1. The summed E-state index contributed by atoms with van der Waals surface area (Å²) in [5.74, 6) is -0.114. The Balaban J connectivity index is 1.61. The lowest BCUT2D eigenvalue weighted by Crippen LogP contribution is -2.14. The molecule has 5 nitrogen and oxygen atoms in total. The third kappa shape index (κ3) is 3.46. The summed E-state index contributed by atoms with van der Waals surface area (Å²) in [7, 11) is 0. The van der Waals surface area contributed by atoms with Crippen LogP contribution in [-0.4, -0.2) is 30.0 Å². The molecule has 122 valence electrons. The number of ether oxygens (including phenoxy) is 2. The summed E-state index contributed by atoms with van der Waals surface area (Å²) >= 11 is 0. The van der Waals surface area contributed by atoms with Gasteiger partial charge >= 0.3 is 5.97 Å². The predicted octanol–water partition coefficient (Wildman–Crippen LogP) is 3.61. The number of hydrogen-bond donors (Lipinski definition) is 1. The van der Waals surface area contributed by atoms with Crippen LogP contribution in [0.15, 0.2) is 54.6 Å². The molecule has 0 aliphatic carbocycles. The van der Waals surface area contributed by atoms with Crippen LogP contribution >= 0.6 is 0 Å². The first-order valence-corrected chi connectivity index (χ1v) is 7.68. The lowest BCUT2D eigenvalue weighted by molar-refractivity contribution is 0.0470. The first-order valence-electron chi connectivity index (χ1n) is 7.68. The maximum Gasteiger partial charge on any atom is 0.355 e. The molecule has 0 aliphatic heterocycles. The van der Waals surface area contributed by atoms with Crippen molar-refractivity contribution in [1.29, 1.82) is 0 Å². The van der Waals surface area contributed by atoms with Gasteiger partial charge in [-0.1, -0.05) is 18.2 Å². The monoisotopic (exact) mass is 323 g/mol. The van der Waals surface area contributed by atoms with Gasteiger partial charge in [0.15, 0.2) is 12.4 Å². The van der Waals surface area contributed by atoms with Gasteiger partial charge in [0.05, 0.1) is 6.61 Å². The van der Waals surface area contributed by atoms with Crippen LogP contribution in [-0.2, 0) is 4.74 Å². The Morgan fingerprint density at radius 3 is 2.50 bits per heavy atom. The minimum Gasteiger partial charge on any atom is -0.494 e. The molecule has 5 heteroatoms. The first kappa shape index (κ1) is 15.8. The number of aromatic amines is 1. The van der Waals surface area contributed by atoms with Crippen LogP contribution < -0.4 is 4.74 Å². The van der Waals surface area contributed by atoms with Crippen LogP contribution in [0.3, 0.4) is 0 Å². The fraction of sp³-hybridized carbons (Fsp3) is 0.158. The highest BCUT2D eigenvalue weighted by atomic mass is 16.5. The van der Waals surface area contributed by atoms with Crippen molar-refractivity contribution in [2.24, 2.45) is 0 Å². The minimum atomic E-state index is -0.550. The van der Waals surface area contributed by atoms with Crippen LogP contribution in [0.25, 0.3) is 10.9 Å². The molecule has 0 fully saturated rings. The molecule has 0 radical (unpaired) electrons.